The van der Waals surface area contributed by atoms with Crippen molar-refractivity contribution in [3.8, 4) is 5.69 Å². The smallest absolute Gasteiger partial charge is 0.276 e. The lowest BCUT2D eigenvalue weighted by Gasteiger charge is -2.36. The minimum absolute atomic E-state index is 0.0640. The fraction of sp³-hybridized carbons (Fsp3) is 0.182. The topological polar surface area (TPSA) is 44.3 Å². The van der Waals surface area contributed by atoms with Crippen molar-refractivity contribution < 1.29 is 0 Å². The second-order valence-corrected chi connectivity index (χ2v) is 10.1. The number of para-hydroxylation sites is 1. The van der Waals surface area contributed by atoms with Gasteiger partial charge in [-0.3, -0.25) is 9.89 Å². The lowest BCUT2D eigenvalue weighted by atomic mass is 9.65. The van der Waals surface area contributed by atoms with Crippen molar-refractivity contribution in [3.63, 3.8) is 0 Å². The highest BCUT2D eigenvalue weighted by Crippen LogP contribution is 2.45. The van der Waals surface area contributed by atoms with Crippen LogP contribution in [0.3, 0.4) is 0 Å². The highest BCUT2D eigenvalue weighted by Gasteiger charge is 2.43. The summed E-state index contributed by atoms with van der Waals surface area (Å²) in [5.41, 5.74) is 6.75. The third-order valence-electron chi connectivity index (χ3n) is 7.30. The summed E-state index contributed by atoms with van der Waals surface area (Å²) in [6.45, 7) is 2.00. The summed E-state index contributed by atoms with van der Waals surface area (Å²) in [7, 11) is 8.14. The Kier molecular flexibility index (Phi) is 6.68. The van der Waals surface area contributed by atoms with Crippen LogP contribution in [-0.2, 0) is 5.41 Å². The molecule has 0 amide bonds. The Morgan fingerprint density at radius 1 is 0.605 bits per heavy atom. The molecule has 0 aliphatic carbocycles. The maximum atomic E-state index is 14.4. The van der Waals surface area contributed by atoms with Gasteiger partial charge in [-0.05, 0) is 60.0 Å². The second-order valence-electron chi connectivity index (χ2n) is 10.1. The fourth-order valence-corrected chi connectivity index (χ4v) is 5.39. The van der Waals surface area contributed by atoms with Gasteiger partial charge in [0.05, 0.1) is 16.7 Å². The summed E-state index contributed by atoms with van der Waals surface area (Å²) in [6.07, 6.45) is 0. The molecule has 0 aliphatic heterocycles. The van der Waals surface area contributed by atoms with Crippen molar-refractivity contribution in [1.82, 2.24) is 9.78 Å². The quantitative estimate of drug-likeness (QED) is 0.278. The maximum Gasteiger partial charge on any atom is 0.276 e. The molecule has 4 aromatic carbocycles. The Morgan fingerprint density at radius 2 is 1.03 bits per heavy atom. The zero-order valence-electron chi connectivity index (χ0n) is 22.6. The maximum absolute atomic E-state index is 14.4. The van der Waals surface area contributed by atoms with Crippen LogP contribution in [-0.4, -0.2) is 38.0 Å². The molecular formula is C33H34N4O. The molecule has 0 aliphatic rings. The first-order valence-corrected chi connectivity index (χ1v) is 12.8. The molecule has 192 valence electrons. The van der Waals surface area contributed by atoms with E-state index in [1.165, 1.54) is 0 Å². The van der Waals surface area contributed by atoms with Crippen LogP contribution >= 0.6 is 0 Å². The Balaban J connectivity index is 1.90. The average Bonchev–Trinajstić information content (AvgIpc) is 3.25. The molecular weight excluding hydrogens is 468 g/mol. The number of aromatic nitrogens is 2. The van der Waals surface area contributed by atoms with E-state index >= 15 is 0 Å². The number of aromatic amines is 1. The first kappa shape index (κ1) is 25.2. The summed E-state index contributed by atoms with van der Waals surface area (Å²) in [4.78, 5) is 18.6. The average molecular weight is 503 g/mol. The molecule has 5 heteroatoms. The standard InChI is InChI=1S/C33H34N4O/c1-24-31(32(38)37(34-24)30-14-10-7-11-15-30)33(25-12-8-6-9-13-25,26-16-20-28(21-17-26)35(2)3)27-18-22-29(23-19-27)36(4)5/h6-23,34H,1-5H3. The van der Waals surface area contributed by atoms with E-state index < -0.39 is 5.41 Å². The van der Waals surface area contributed by atoms with E-state index in [1.54, 1.807) is 4.68 Å². The number of nitrogens with zero attached hydrogens (tertiary/aromatic N) is 3. The number of hydrogen-bond acceptors (Lipinski definition) is 3. The number of aryl methyl sites for hydroxylation is 1. The predicted octanol–water partition coefficient (Wildman–Crippen LogP) is 5.99. The van der Waals surface area contributed by atoms with Gasteiger partial charge < -0.3 is 9.80 Å². The predicted molar refractivity (Wildman–Crippen MR) is 158 cm³/mol. The van der Waals surface area contributed by atoms with Crippen molar-refractivity contribution >= 4 is 11.4 Å². The first-order chi connectivity index (χ1) is 18.3. The number of nitrogens with one attached hydrogen (secondary N) is 1. The number of rotatable bonds is 7. The van der Waals surface area contributed by atoms with Crippen molar-refractivity contribution in [3.05, 3.63) is 147 Å². The van der Waals surface area contributed by atoms with Gasteiger partial charge in [-0.15, -0.1) is 0 Å². The molecule has 1 aromatic heterocycles. The number of H-pyrrole nitrogens is 1. The van der Waals surface area contributed by atoms with E-state index in [4.69, 9.17) is 0 Å². The molecule has 38 heavy (non-hydrogen) atoms. The lowest BCUT2D eigenvalue weighted by Crippen LogP contribution is -2.37. The number of hydrogen-bond donors (Lipinski definition) is 1. The van der Waals surface area contributed by atoms with E-state index in [9.17, 15) is 4.79 Å². The zero-order chi connectivity index (χ0) is 26.9. The minimum Gasteiger partial charge on any atom is -0.378 e. The van der Waals surface area contributed by atoms with E-state index in [2.05, 4.69) is 75.6 Å². The highest BCUT2D eigenvalue weighted by molar-refractivity contribution is 5.64. The molecule has 1 N–H and O–H groups in total. The molecule has 0 unspecified atom stereocenters. The van der Waals surface area contributed by atoms with Gasteiger partial charge in [0, 0.05) is 45.3 Å². The van der Waals surface area contributed by atoms with Gasteiger partial charge in [0.25, 0.3) is 5.56 Å². The minimum atomic E-state index is -0.839. The zero-order valence-corrected chi connectivity index (χ0v) is 22.6. The summed E-state index contributed by atoms with van der Waals surface area (Å²) in [5.74, 6) is 0. The monoisotopic (exact) mass is 502 g/mol. The van der Waals surface area contributed by atoms with Gasteiger partial charge in [0.1, 0.15) is 0 Å². The first-order valence-electron chi connectivity index (χ1n) is 12.8. The molecule has 1 heterocycles. The summed E-state index contributed by atoms with van der Waals surface area (Å²) < 4.78 is 1.66. The van der Waals surface area contributed by atoms with E-state index in [1.807, 2.05) is 83.6 Å². The molecule has 0 saturated heterocycles. The molecule has 0 saturated carbocycles. The van der Waals surface area contributed by atoms with Crippen LogP contribution < -0.4 is 15.4 Å². The Labute approximate surface area is 224 Å². The normalized spacial score (nSPS) is 11.4. The molecule has 0 radical (unpaired) electrons. The molecule has 5 aromatic rings. The van der Waals surface area contributed by atoms with Gasteiger partial charge in [-0.1, -0.05) is 72.8 Å². The van der Waals surface area contributed by atoms with Crippen molar-refractivity contribution in [2.45, 2.75) is 12.3 Å². The largest absolute Gasteiger partial charge is 0.378 e. The third-order valence-corrected chi connectivity index (χ3v) is 7.30. The summed E-state index contributed by atoms with van der Waals surface area (Å²) in [6, 6.07) is 37.2. The van der Waals surface area contributed by atoms with Gasteiger partial charge in [-0.2, -0.15) is 0 Å². The molecule has 0 spiro atoms. The van der Waals surface area contributed by atoms with Crippen molar-refractivity contribution in [1.29, 1.82) is 0 Å². The van der Waals surface area contributed by atoms with Crippen LogP contribution in [0, 0.1) is 6.92 Å². The van der Waals surface area contributed by atoms with Crippen LogP contribution in [0.15, 0.2) is 114 Å². The summed E-state index contributed by atoms with van der Waals surface area (Å²) in [5, 5.41) is 3.39. The molecule has 0 fully saturated rings. The summed E-state index contributed by atoms with van der Waals surface area (Å²) >= 11 is 0. The van der Waals surface area contributed by atoms with Gasteiger partial charge in [0.15, 0.2) is 0 Å². The van der Waals surface area contributed by atoms with Gasteiger partial charge >= 0.3 is 0 Å². The van der Waals surface area contributed by atoms with Crippen molar-refractivity contribution in [2.24, 2.45) is 0 Å². The van der Waals surface area contributed by atoms with Crippen LogP contribution in [0.25, 0.3) is 5.69 Å². The SMILES string of the molecule is Cc1[nH]n(-c2ccccc2)c(=O)c1C(c1ccccc1)(c1ccc(N(C)C)cc1)c1ccc(N(C)C)cc1. The van der Waals surface area contributed by atoms with Crippen molar-refractivity contribution in [2.75, 3.05) is 38.0 Å². The highest BCUT2D eigenvalue weighted by atomic mass is 16.1. The third kappa shape index (κ3) is 4.20. The number of benzene rings is 4. The Morgan fingerprint density at radius 3 is 1.47 bits per heavy atom. The fourth-order valence-electron chi connectivity index (χ4n) is 5.39. The van der Waals surface area contributed by atoms with Gasteiger partial charge in [0.2, 0.25) is 0 Å². The van der Waals surface area contributed by atoms with Gasteiger partial charge in [-0.25, -0.2) is 4.68 Å². The van der Waals surface area contributed by atoms with Crippen LogP contribution in [0.1, 0.15) is 27.9 Å². The molecule has 0 atom stereocenters. The molecule has 5 nitrogen and oxygen atoms in total. The van der Waals surface area contributed by atoms with E-state index in [0.717, 1.165) is 39.4 Å². The van der Waals surface area contributed by atoms with Crippen LogP contribution in [0.2, 0.25) is 0 Å². The molecule has 0 bridgehead atoms. The van der Waals surface area contributed by atoms with Crippen LogP contribution in [0.5, 0.6) is 0 Å². The molecule has 5 rings (SSSR count). The second kappa shape index (κ2) is 10.1. The van der Waals surface area contributed by atoms with E-state index in [0.29, 0.717) is 5.56 Å². The van der Waals surface area contributed by atoms with E-state index in [-0.39, 0.29) is 5.56 Å². The number of anilines is 2. The van der Waals surface area contributed by atoms with Crippen LogP contribution in [0.4, 0.5) is 11.4 Å². The Hall–Kier alpha value is -4.51. The Bertz CT molecular complexity index is 1510. The lowest BCUT2D eigenvalue weighted by molar-refractivity contribution is 0.729.